The van der Waals surface area contributed by atoms with E-state index in [1.807, 2.05) is 25.1 Å². The van der Waals surface area contributed by atoms with Crippen molar-refractivity contribution in [2.45, 2.75) is 76.7 Å². The smallest absolute Gasteiger partial charge is 0.234 e. The summed E-state index contributed by atoms with van der Waals surface area (Å²) in [6.07, 6.45) is 6.94. The van der Waals surface area contributed by atoms with E-state index >= 15 is 0 Å². The Kier molecular flexibility index (Phi) is 6.91. The zero-order chi connectivity index (χ0) is 22.7. The van der Waals surface area contributed by atoms with E-state index in [4.69, 9.17) is 4.98 Å². The number of aryl methyl sites for hydroxylation is 1. The molecule has 2 N–H and O–H groups in total. The number of imide groups is 1. The number of amides is 2. The first-order chi connectivity index (χ1) is 15.4. The van der Waals surface area contributed by atoms with Gasteiger partial charge in [-0.1, -0.05) is 32.3 Å². The average molecular weight is 438 g/mol. The fourth-order valence-corrected chi connectivity index (χ4v) is 5.21. The van der Waals surface area contributed by atoms with Gasteiger partial charge in [-0.3, -0.25) is 19.9 Å². The van der Waals surface area contributed by atoms with Crippen molar-refractivity contribution in [3.05, 3.63) is 41.1 Å². The summed E-state index contributed by atoms with van der Waals surface area (Å²) in [4.78, 5) is 31.2. The Morgan fingerprint density at radius 2 is 1.94 bits per heavy atom. The van der Waals surface area contributed by atoms with Crippen molar-refractivity contribution in [3.8, 4) is 0 Å². The molecular weight excluding hydrogens is 402 g/mol. The Balaban J connectivity index is 1.67. The first-order valence-corrected chi connectivity index (χ1v) is 12.1. The lowest BCUT2D eigenvalue weighted by molar-refractivity contribution is -0.134. The highest BCUT2D eigenvalue weighted by atomic mass is 16.3. The third-order valence-corrected chi connectivity index (χ3v) is 7.30. The summed E-state index contributed by atoms with van der Waals surface area (Å²) in [6, 6.07) is 8.09. The van der Waals surface area contributed by atoms with E-state index in [0.717, 1.165) is 66.6 Å². The van der Waals surface area contributed by atoms with E-state index < -0.39 is 5.60 Å². The van der Waals surface area contributed by atoms with Crippen molar-refractivity contribution in [3.63, 3.8) is 0 Å². The number of hydrogen-bond acceptors (Lipinski definition) is 5. The number of piperidine rings is 1. The van der Waals surface area contributed by atoms with Crippen LogP contribution in [0.5, 0.6) is 0 Å². The molecule has 32 heavy (non-hydrogen) atoms. The van der Waals surface area contributed by atoms with Crippen LogP contribution in [0.1, 0.15) is 81.0 Å². The van der Waals surface area contributed by atoms with Crippen LogP contribution in [0, 0.1) is 6.92 Å². The van der Waals surface area contributed by atoms with Gasteiger partial charge < -0.3 is 10.0 Å². The third-order valence-electron chi connectivity index (χ3n) is 7.30. The number of hydrogen-bond donors (Lipinski definition) is 2. The number of nitrogens with zero attached hydrogens (tertiary/aromatic N) is 2. The monoisotopic (exact) mass is 437 g/mol. The standard InChI is InChI=1S/C26H35N3O3/c1-3-29-14-7-5-4-6-12-26(32,13-15-29)20-8-10-23-19(16-20)17-22(18(2)27-23)21-9-11-24(30)28-25(21)31/h8,10,16-17,21,32H,3-7,9,11-15H2,1-2H3,(H,28,30,31). The second kappa shape index (κ2) is 9.67. The minimum atomic E-state index is -0.862. The molecule has 0 aliphatic carbocycles. The van der Waals surface area contributed by atoms with Crippen molar-refractivity contribution in [1.82, 2.24) is 15.2 Å². The lowest BCUT2D eigenvalue weighted by Gasteiger charge is -2.33. The van der Waals surface area contributed by atoms with Gasteiger partial charge in [0.05, 0.1) is 17.0 Å². The van der Waals surface area contributed by atoms with Crippen molar-refractivity contribution in [2.24, 2.45) is 0 Å². The molecule has 0 bridgehead atoms. The van der Waals surface area contributed by atoms with E-state index in [2.05, 4.69) is 23.2 Å². The summed E-state index contributed by atoms with van der Waals surface area (Å²) < 4.78 is 0. The summed E-state index contributed by atoms with van der Waals surface area (Å²) >= 11 is 0. The third kappa shape index (κ3) is 4.86. The SMILES string of the molecule is CCN1CCCCCCC(O)(c2ccc3nc(C)c(C4CCC(=O)NC4=O)cc3c2)CC1. The lowest BCUT2D eigenvalue weighted by Crippen LogP contribution is -2.39. The van der Waals surface area contributed by atoms with Gasteiger partial charge in [0, 0.05) is 24.0 Å². The second-order valence-corrected chi connectivity index (χ2v) is 9.45. The molecule has 172 valence electrons. The molecule has 2 fully saturated rings. The van der Waals surface area contributed by atoms with Gasteiger partial charge >= 0.3 is 0 Å². The Hall–Kier alpha value is -2.31. The summed E-state index contributed by atoms with van der Waals surface area (Å²) in [5, 5.41) is 15.1. The molecule has 1 aromatic heterocycles. The van der Waals surface area contributed by atoms with E-state index in [1.54, 1.807) is 0 Å². The van der Waals surface area contributed by atoms with Crippen LogP contribution in [0.3, 0.4) is 0 Å². The highest BCUT2D eigenvalue weighted by Crippen LogP contribution is 2.35. The van der Waals surface area contributed by atoms with Crippen molar-refractivity contribution >= 4 is 22.7 Å². The van der Waals surface area contributed by atoms with Gasteiger partial charge in [-0.25, -0.2) is 0 Å². The summed E-state index contributed by atoms with van der Waals surface area (Å²) in [5.41, 5.74) is 2.62. The number of nitrogens with one attached hydrogen (secondary N) is 1. The molecule has 2 aliphatic rings. The highest BCUT2D eigenvalue weighted by molar-refractivity contribution is 6.01. The molecule has 2 atom stereocenters. The zero-order valence-corrected chi connectivity index (χ0v) is 19.3. The first kappa shape index (κ1) is 22.9. The highest BCUT2D eigenvalue weighted by Gasteiger charge is 2.32. The number of carbonyl (C=O) groups is 2. The van der Waals surface area contributed by atoms with Gasteiger partial charge in [0.15, 0.2) is 0 Å². The molecule has 0 spiro atoms. The van der Waals surface area contributed by atoms with Gasteiger partial charge in [-0.2, -0.15) is 0 Å². The van der Waals surface area contributed by atoms with Crippen molar-refractivity contribution in [2.75, 3.05) is 19.6 Å². The van der Waals surface area contributed by atoms with E-state index in [9.17, 15) is 14.7 Å². The molecule has 2 saturated heterocycles. The van der Waals surface area contributed by atoms with Gasteiger partial charge in [0.1, 0.15) is 0 Å². The van der Waals surface area contributed by atoms with Crippen LogP contribution in [0.4, 0.5) is 0 Å². The van der Waals surface area contributed by atoms with Gasteiger partial charge in [-0.15, -0.1) is 0 Å². The Labute approximate surface area is 190 Å². The molecule has 6 heteroatoms. The van der Waals surface area contributed by atoms with E-state index in [1.165, 1.54) is 12.8 Å². The van der Waals surface area contributed by atoms with E-state index in [0.29, 0.717) is 19.3 Å². The van der Waals surface area contributed by atoms with Crippen LogP contribution in [-0.4, -0.2) is 46.4 Å². The summed E-state index contributed by atoms with van der Waals surface area (Å²) in [5.74, 6) is -0.810. The molecule has 2 unspecified atom stereocenters. The summed E-state index contributed by atoms with van der Waals surface area (Å²) in [7, 11) is 0. The Bertz CT molecular complexity index is 1010. The van der Waals surface area contributed by atoms with Crippen LogP contribution < -0.4 is 5.32 Å². The molecule has 6 nitrogen and oxygen atoms in total. The van der Waals surface area contributed by atoms with Crippen molar-refractivity contribution < 1.29 is 14.7 Å². The minimum absolute atomic E-state index is 0.209. The normalized spacial score (nSPS) is 26.2. The number of pyridine rings is 1. The van der Waals surface area contributed by atoms with Crippen LogP contribution in [0.2, 0.25) is 0 Å². The maximum atomic E-state index is 12.4. The number of benzene rings is 1. The Morgan fingerprint density at radius 1 is 1.12 bits per heavy atom. The van der Waals surface area contributed by atoms with Gasteiger partial charge in [-0.05, 0) is 75.0 Å². The van der Waals surface area contributed by atoms with Crippen LogP contribution in [0.25, 0.3) is 10.9 Å². The first-order valence-electron chi connectivity index (χ1n) is 12.1. The number of aromatic nitrogens is 1. The quantitative estimate of drug-likeness (QED) is 0.711. The largest absolute Gasteiger partial charge is 0.385 e. The summed E-state index contributed by atoms with van der Waals surface area (Å²) in [6.45, 7) is 7.10. The maximum absolute atomic E-state index is 12.4. The molecule has 3 heterocycles. The molecular formula is C26H35N3O3. The topological polar surface area (TPSA) is 82.5 Å². The lowest BCUT2D eigenvalue weighted by atomic mass is 9.83. The molecule has 0 saturated carbocycles. The van der Waals surface area contributed by atoms with E-state index in [-0.39, 0.29) is 17.7 Å². The minimum Gasteiger partial charge on any atom is -0.385 e. The van der Waals surface area contributed by atoms with Crippen LogP contribution >= 0.6 is 0 Å². The Morgan fingerprint density at radius 3 is 2.72 bits per heavy atom. The fourth-order valence-electron chi connectivity index (χ4n) is 5.21. The number of rotatable bonds is 3. The number of fused-ring (bicyclic) bond motifs is 1. The van der Waals surface area contributed by atoms with Gasteiger partial charge in [0.25, 0.3) is 0 Å². The predicted octanol–water partition coefficient (Wildman–Crippen LogP) is 3.93. The number of carbonyl (C=O) groups excluding carboxylic acids is 2. The molecule has 2 aromatic rings. The molecule has 4 rings (SSSR count). The van der Waals surface area contributed by atoms with Crippen LogP contribution in [-0.2, 0) is 15.2 Å². The molecule has 2 aliphatic heterocycles. The predicted molar refractivity (Wildman–Crippen MR) is 125 cm³/mol. The van der Waals surface area contributed by atoms with Gasteiger partial charge in [0.2, 0.25) is 11.8 Å². The number of aliphatic hydroxyl groups is 1. The fraction of sp³-hybridized carbons (Fsp3) is 0.577. The second-order valence-electron chi connectivity index (χ2n) is 9.45. The van der Waals surface area contributed by atoms with Crippen LogP contribution in [0.15, 0.2) is 24.3 Å². The zero-order valence-electron chi connectivity index (χ0n) is 19.3. The van der Waals surface area contributed by atoms with Crippen molar-refractivity contribution in [1.29, 1.82) is 0 Å². The maximum Gasteiger partial charge on any atom is 0.234 e. The molecule has 0 radical (unpaired) electrons. The molecule has 1 aromatic carbocycles. The average Bonchev–Trinajstić information content (AvgIpc) is 2.78. The molecule has 2 amide bonds.